The molecule has 9 rings (SSSR count). The SMILES string of the molecule is N#Cc1c(N)sc2c(F)ccc(-c3c(Cl)c4c5c(nc(OC[C@@]67CCCN6C[C@H](F)C7)nc5c3F)N3[C@H](CO4)C[C@@H]4OCC[C@@H]43)c12. The van der Waals surface area contributed by atoms with Crippen LogP contribution in [0.2, 0.25) is 5.02 Å². The van der Waals surface area contributed by atoms with Gasteiger partial charge in [-0.25, -0.2) is 13.2 Å². The third-order valence-electron chi connectivity index (χ3n) is 10.5. The zero-order valence-corrected chi connectivity index (χ0v) is 26.1. The van der Waals surface area contributed by atoms with E-state index in [2.05, 4.69) is 14.8 Å². The first-order chi connectivity index (χ1) is 22.3. The van der Waals surface area contributed by atoms with Crippen molar-refractivity contribution in [1.29, 1.82) is 5.26 Å². The molecule has 46 heavy (non-hydrogen) atoms. The number of hydrogen-bond acceptors (Lipinski definition) is 10. The lowest BCUT2D eigenvalue weighted by Gasteiger charge is -2.31. The maximum atomic E-state index is 17.1. The Hall–Kier alpha value is -3.57. The summed E-state index contributed by atoms with van der Waals surface area (Å²) < 4.78 is 65.4. The van der Waals surface area contributed by atoms with Crippen LogP contribution in [0.3, 0.4) is 0 Å². The number of benzene rings is 2. The van der Waals surface area contributed by atoms with Crippen LogP contribution in [0, 0.1) is 23.0 Å². The Bertz CT molecular complexity index is 2010. The van der Waals surface area contributed by atoms with Gasteiger partial charge in [0, 0.05) is 30.5 Å². The molecule has 0 aliphatic carbocycles. The number of fused-ring (bicyclic) bond motifs is 6. The molecule has 238 valence electrons. The lowest BCUT2D eigenvalue weighted by atomic mass is 9.95. The maximum absolute atomic E-state index is 17.1. The summed E-state index contributed by atoms with van der Waals surface area (Å²) in [6, 6.07) is 4.48. The number of hydrogen-bond donors (Lipinski definition) is 1. The van der Waals surface area contributed by atoms with Gasteiger partial charge in [0.15, 0.2) is 11.6 Å². The van der Waals surface area contributed by atoms with Crippen LogP contribution >= 0.6 is 22.9 Å². The largest absolute Gasteiger partial charge is 0.489 e. The van der Waals surface area contributed by atoms with E-state index < -0.39 is 23.3 Å². The Morgan fingerprint density at radius 1 is 1.26 bits per heavy atom. The molecule has 14 heteroatoms. The molecule has 0 bridgehead atoms. The molecule has 2 aromatic heterocycles. The smallest absolute Gasteiger partial charge is 0.319 e. The first kappa shape index (κ1) is 28.6. The Kier molecular flexibility index (Phi) is 6.36. The average Bonchev–Trinajstić information content (AvgIpc) is 3.82. The molecule has 0 amide bonds. The molecule has 4 aromatic rings. The summed E-state index contributed by atoms with van der Waals surface area (Å²) >= 11 is 7.95. The van der Waals surface area contributed by atoms with Crippen LogP contribution < -0.4 is 20.1 Å². The molecule has 9 nitrogen and oxygen atoms in total. The fourth-order valence-corrected chi connectivity index (χ4v) is 9.79. The Labute approximate surface area is 270 Å². The van der Waals surface area contributed by atoms with E-state index in [1.807, 2.05) is 6.07 Å². The first-order valence-corrected chi connectivity index (χ1v) is 16.7. The van der Waals surface area contributed by atoms with Crippen molar-refractivity contribution >= 4 is 54.7 Å². The summed E-state index contributed by atoms with van der Waals surface area (Å²) in [5, 5.41) is 10.5. The lowest BCUT2D eigenvalue weighted by molar-refractivity contribution is 0.107. The van der Waals surface area contributed by atoms with Crippen molar-refractivity contribution in [1.82, 2.24) is 14.9 Å². The minimum atomic E-state index is -0.936. The summed E-state index contributed by atoms with van der Waals surface area (Å²) in [6.07, 6.45) is 2.61. The number of nitrogens with two attached hydrogens (primary N) is 1. The van der Waals surface area contributed by atoms with Crippen LogP contribution in [0.5, 0.6) is 11.8 Å². The minimum absolute atomic E-state index is 0.00162. The molecule has 0 unspecified atom stereocenters. The Morgan fingerprint density at radius 2 is 2.13 bits per heavy atom. The van der Waals surface area contributed by atoms with Gasteiger partial charge in [-0.1, -0.05) is 17.7 Å². The van der Waals surface area contributed by atoms with E-state index in [9.17, 15) is 14.0 Å². The highest BCUT2D eigenvalue weighted by molar-refractivity contribution is 7.23. The van der Waals surface area contributed by atoms with Crippen LogP contribution in [-0.4, -0.2) is 77.7 Å². The summed E-state index contributed by atoms with van der Waals surface area (Å²) in [7, 11) is 0. The highest BCUT2D eigenvalue weighted by Gasteiger charge is 2.50. The Balaban J connectivity index is 1.27. The molecule has 0 spiro atoms. The summed E-state index contributed by atoms with van der Waals surface area (Å²) in [6.45, 7) is 2.18. The fraction of sp³-hybridized carbons (Fsp3) is 0.469. The number of anilines is 2. The molecule has 5 atom stereocenters. The molecule has 5 aliphatic heterocycles. The zero-order chi connectivity index (χ0) is 31.5. The van der Waals surface area contributed by atoms with Crippen LogP contribution in [-0.2, 0) is 4.74 Å². The van der Waals surface area contributed by atoms with Crippen LogP contribution in [0.1, 0.15) is 37.7 Å². The molecule has 4 fully saturated rings. The molecule has 4 saturated heterocycles. The van der Waals surface area contributed by atoms with Gasteiger partial charge in [0.2, 0.25) is 0 Å². The third kappa shape index (κ3) is 3.93. The van der Waals surface area contributed by atoms with Gasteiger partial charge in [-0.3, -0.25) is 4.90 Å². The quantitative estimate of drug-likeness (QED) is 0.281. The van der Waals surface area contributed by atoms with Crippen molar-refractivity contribution in [2.24, 2.45) is 0 Å². The topological polar surface area (TPSA) is 110 Å². The molecule has 2 aromatic carbocycles. The number of thiophene rings is 1. The van der Waals surface area contributed by atoms with E-state index >= 15 is 4.39 Å². The fourth-order valence-electron chi connectivity index (χ4n) is 8.51. The third-order valence-corrected chi connectivity index (χ3v) is 11.9. The number of nitriles is 1. The van der Waals surface area contributed by atoms with E-state index in [4.69, 9.17) is 36.5 Å². The predicted molar refractivity (Wildman–Crippen MR) is 167 cm³/mol. The van der Waals surface area contributed by atoms with Crippen molar-refractivity contribution in [2.75, 3.05) is 43.5 Å². The number of alkyl halides is 1. The highest BCUT2D eigenvalue weighted by Crippen LogP contribution is 2.53. The average molecular weight is 669 g/mol. The normalized spacial score (nSPS) is 28.3. The van der Waals surface area contributed by atoms with Gasteiger partial charge in [-0.2, -0.15) is 15.2 Å². The van der Waals surface area contributed by atoms with E-state index in [1.54, 1.807) is 0 Å². The van der Waals surface area contributed by atoms with E-state index in [0.717, 1.165) is 37.1 Å². The van der Waals surface area contributed by atoms with E-state index in [1.165, 1.54) is 12.1 Å². The number of nitrogen functional groups attached to an aromatic ring is 1. The van der Waals surface area contributed by atoms with Gasteiger partial charge in [-0.05, 0) is 43.9 Å². The monoisotopic (exact) mass is 668 g/mol. The highest BCUT2D eigenvalue weighted by atomic mass is 35.5. The second-order valence-corrected chi connectivity index (χ2v) is 14.3. The van der Waals surface area contributed by atoms with Crippen molar-refractivity contribution in [3.63, 3.8) is 0 Å². The van der Waals surface area contributed by atoms with E-state index in [0.29, 0.717) is 37.2 Å². The maximum Gasteiger partial charge on any atom is 0.319 e. The number of rotatable bonds is 4. The summed E-state index contributed by atoms with van der Waals surface area (Å²) in [5.74, 6) is -0.722. The molecule has 0 radical (unpaired) electrons. The van der Waals surface area contributed by atoms with Crippen LogP contribution in [0.25, 0.3) is 32.1 Å². The molecule has 5 aliphatic rings. The number of nitrogens with zero attached hydrogens (tertiary/aromatic N) is 5. The molecular formula is C32H28ClF3N6O3S. The van der Waals surface area contributed by atoms with E-state index in [-0.39, 0.29) is 85.5 Å². The lowest BCUT2D eigenvalue weighted by Crippen LogP contribution is -2.43. The van der Waals surface area contributed by atoms with Crippen molar-refractivity contribution < 1.29 is 27.4 Å². The summed E-state index contributed by atoms with van der Waals surface area (Å²) in [4.78, 5) is 13.7. The number of aromatic nitrogens is 2. The minimum Gasteiger partial charge on any atom is -0.489 e. The predicted octanol–water partition coefficient (Wildman–Crippen LogP) is 5.98. The zero-order valence-electron chi connectivity index (χ0n) is 24.5. The van der Waals surface area contributed by atoms with Gasteiger partial charge in [-0.15, -0.1) is 11.3 Å². The van der Waals surface area contributed by atoms with Gasteiger partial charge < -0.3 is 24.8 Å². The molecular weight excluding hydrogens is 641 g/mol. The second kappa shape index (κ2) is 10.2. The standard InChI is InChI=1S/C32H28ClF3N6O3S/c33-24-22(16-2-3-18(35)28-21(16)17(10-37)29(38)46-28)25(36)26-23-27(24)44-12-15-8-20-19(4-7-43-20)42(15)30(23)40-31(39-26)45-13-32-5-1-6-41(32)11-14(34)9-32/h2-3,14-15,19-20H,1,4-9,11-13,38H2/t14-,15+,19+,20+,32+/m1/s1. The van der Waals surface area contributed by atoms with Crippen molar-refractivity contribution in [3.8, 4) is 29.0 Å². The molecule has 0 saturated carbocycles. The van der Waals surface area contributed by atoms with Crippen LogP contribution in [0.15, 0.2) is 12.1 Å². The van der Waals surface area contributed by atoms with Gasteiger partial charge in [0.25, 0.3) is 0 Å². The Morgan fingerprint density at radius 3 is 2.98 bits per heavy atom. The van der Waals surface area contributed by atoms with Crippen molar-refractivity contribution in [2.45, 2.75) is 62.0 Å². The van der Waals surface area contributed by atoms with Crippen LogP contribution in [0.4, 0.5) is 24.0 Å². The number of halogens is 4. The first-order valence-electron chi connectivity index (χ1n) is 15.5. The van der Waals surface area contributed by atoms with Gasteiger partial charge >= 0.3 is 6.01 Å². The van der Waals surface area contributed by atoms with Crippen molar-refractivity contribution in [3.05, 3.63) is 34.4 Å². The summed E-state index contributed by atoms with van der Waals surface area (Å²) in [5.41, 5.74) is 5.71. The number of ether oxygens (including phenoxy) is 3. The molecule has 2 N–H and O–H groups in total. The second-order valence-electron chi connectivity index (χ2n) is 12.9. The van der Waals surface area contributed by atoms with Gasteiger partial charge in [0.05, 0.1) is 44.4 Å². The molecule has 7 heterocycles. The van der Waals surface area contributed by atoms with Gasteiger partial charge in [0.1, 0.15) is 47.6 Å².